The van der Waals surface area contributed by atoms with Crippen molar-refractivity contribution in [2.24, 2.45) is 5.92 Å². The molecule has 1 aromatic heterocycles. The monoisotopic (exact) mass is 482 g/mol. The number of rotatable bonds is 4. The highest BCUT2D eigenvalue weighted by molar-refractivity contribution is 5.99. The van der Waals surface area contributed by atoms with Crippen LogP contribution in [-0.4, -0.2) is 78.5 Å². The number of carbonyl (C=O) groups is 3. The third-order valence-electron chi connectivity index (χ3n) is 6.24. The molecule has 35 heavy (non-hydrogen) atoms. The van der Waals surface area contributed by atoms with Gasteiger partial charge in [0.2, 0.25) is 5.91 Å². The molecule has 3 rings (SSSR count). The van der Waals surface area contributed by atoms with Gasteiger partial charge in [-0.2, -0.15) is 0 Å². The van der Waals surface area contributed by atoms with Gasteiger partial charge in [0.05, 0.1) is 17.7 Å². The molecule has 0 aliphatic carbocycles. The maximum atomic E-state index is 13.4. The fourth-order valence-electron chi connectivity index (χ4n) is 4.05. The van der Waals surface area contributed by atoms with E-state index in [0.29, 0.717) is 42.1 Å². The topological polar surface area (TPSA) is 101 Å². The first-order valence-corrected chi connectivity index (χ1v) is 11.8. The summed E-state index contributed by atoms with van der Waals surface area (Å²) >= 11 is 0. The summed E-state index contributed by atoms with van der Waals surface area (Å²) in [5, 5.41) is 2.79. The summed E-state index contributed by atoms with van der Waals surface area (Å²) in [4.78, 5) is 46.0. The number of likely N-dealkylation sites (N-methyl/N-ethyl adjacent to an activating group) is 1. The molecule has 1 aliphatic rings. The number of nitrogens with one attached hydrogen (secondary N) is 1. The molecule has 1 aromatic carbocycles. The second kappa shape index (κ2) is 11.8. The Morgan fingerprint density at radius 3 is 2.54 bits per heavy atom. The Morgan fingerprint density at radius 2 is 1.89 bits per heavy atom. The zero-order chi connectivity index (χ0) is 25.5. The van der Waals surface area contributed by atoms with Crippen molar-refractivity contribution in [3.05, 3.63) is 53.9 Å². The average Bonchev–Trinajstić information content (AvgIpc) is 2.88. The summed E-state index contributed by atoms with van der Waals surface area (Å²) < 4.78 is 11.8. The molecule has 0 unspecified atom stereocenters. The molecule has 0 fully saturated rings. The molecule has 9 nitrogen and oxygen atoms in total. The lowest BCUT2D eigenvalue weighted by Crippen LogP contribution is -2.48. The molecule has 1 N–H and O–H groups in total. The van der Waals surface area contributed by atoms with E-state index in [2.05, 4.69) is 10.3 Å². The third kappa shape index (κ3) is 6.36. The van der Waals surface area contributed by atoms with Crippen LogP contribution in [0.5, 0.6) is 5.75 Å². The minimum Gasteiger partial charge on any atom is -0.491 e. The lowest BCUT2D eigenvalue weighted by atomic mass is 10.0. The number of benzene rings is 1. The van der Waals surface area contributed by atoms with E-state index in [1.54, 1.807) is 73.6 Å². The third-order valence-corrected chi connectivity index (χ3v) is 6.24. The highest BCUT2D eigenvalue weighted by atomic mass is 16.5. The van der Waals surface area contributed by atoms with Gasteiger partial charge in [-0.05, 0) is 37.3 Å². The normalized spacial score (nSPS) is 21.3. The lowest BCUT2D eigenvalue weighted by Gasteiger charge is -2.36. The minimum atomic E-state index is -0.296. The van der Waals surface area contributed by atoms with Crippen molar-refractivity contribution in [2.75, 3.05) is 39.2 Å². The number of anilines is 1. The molecule has 0 saturated carbocycles. The van der Waals surface area contributed by atoms with Gasteiger partial charge < -0.3 is 24.6 Å². The quantitative estimate of drug-likeness (QED) is 0.719. The molecule has 0 bridgehead atoms. The number of hydrogen-bond acceptors (Lipinski definition) is 6. The van der Waals surface area contributed by atoms with E-state index in [-0.39, 0.29) is 42.4 Å². The van der Waals surface area contributed by atoms with Crippen LogP contribution in [0, 0.1) is 5.92 Å². The van der Waals surface area contributed by atoms with Crippen molar-refractivity contribution in [1.82, 2.24) is 14.8 Å². The number of methoxy groups -OCH3 is 1. The van der Waals surface area contributed by atoms with E-state index in [9.17, 15) is 14.4 Å². The van der Waals surface area contributed by atoms with E-state index >= 15 is 0 Å². The predicted molar refractivity (Wildman–Crippen MR) is 133 cm³/mol. The van der Waals surface area contributed by atoms with Gasteiger partial charge in [0.25, 0.3) is 11.8 Å². The van der Waals surface area contributed by atoms with Crippen LogP contribution in [0.25, 0.3) is 0 Å². The van der Waals surface area contributed by atoms with Gasteiger partial charge in [-0.15, -0.1) is 0 Å². The van der Waals surface area contributed by atoms with Gasteiger partial charge in [-0.3, -0.25) is 19.4 Å². The number of hydrogen-bond donors (Lipinski definition) is 1. The second-order valence-corrected chi connectivity index (χ2v) is 8.90. The van der Waals surface area contributed by atoms with Crippen molar-refractivity contribution in [3.63, 3.8) is 0 Å². The summed E-state index contributed by atoms with van der Waals surface area (Å²) in [5.74, 6) is -0.170. The first kappa shape index (κ1) is 26.2. The standard InChI is InChI=1S/C26H34N4O5/c1-6-24(31)28-20-7-8-22-21(13-20)26(33)29(4)15-23(34-5)17(2)14-30(18(3)16-35-22)25(32)19-9-11-27-12-10-19/h7-13,17-18,23H,6,14-16H2,1-5H3,(H,28,31)/t17-,18+,23-/m0/s1. The number of nitrogens with zero attached hydrogens (tertiary/aromatic N) is 3. The zero-order valence-corrected chi connectivity index (χ0v) is 21.0. The Balaban J connectivity index is 1.98. The summed E-state index contributed by atoms with van der Waals surface area (Å²) in [6.45, 7) is 6.63. The van der Waals surface area contributed by atoms with Gasteiger partial charge in [0.15, 0.2) is 0 Å². The van der Waals surface area contributed by atoms with Crippen LogP contribution in [0.3, 0.4) is 0 Å². The fourth-order valence-corrected chi connectivity index (χ4v) is 4.05. The first-order chi connectivity index (χ1) is 16.7. The Kier molecular flexibility index (Phi) is 8.81. The number of pyridine rings is 1. The lowest BCUT2D eigenvalue weighted by molar-refractivity contribution is -0.115. The largest absolute Gasteiger partial charge is 0.491 e. The van der Waals surface area contributed by atoms with Crippen molar-refractivity contribution in [2.45, 2.75) is 39.3 Å². The molecule has 0 saturated heterocycles. The van der Waals surface area contributed by atoms with E-state index in [1.807, 2.05) is 13.8 Å². The SMILES string of the molecule is CCC(=O)Nc1ccc2c(c1)C(=O)N(C)C[C@H](OC)[C@@H](C)CN(C(=O)c1ccncc1)[C@H](C)CO2. The molecular formula is C26H34N4O5. The minimum absolute atomic E-state index is 0.0578. The van der Waals surface area contributed by atoms with Crippen LogP contribution >= 0.6 is 0 Å². The number of fused-ring (bicyclic) bond motifs is 1. The number of amides is 3. The highest BCUT2D eigenvalue weighted by Crippen LogP contribution is 2.27. The summed E-state index contributed by atoms with van der Waals surface area (Å²) in [7, 11) is 3.32. The Bertz CT molecular complexity index is 1050. The predicted octanol–water partition coefficient (Wildman–Crippen LogP) is 3.08. The zero-order valence-electron chi connectivity index (χ0n) is 21.0. The van der Waals surface area contributed by atoms with Crippen LogP contribution in [-0.2, 0) is 9.53 Å². The molecule has 2 heterocycles. The molecular weight excluding hydrogens is 448 g/mol. The van der Waals surface area contributed by atoms with Crippen molar-refractivity contribution >= 4 is 23.4 Å². The van der Waals surface area contributed by atoms with Gasteiger partial charge >= 0.3 is 0 Å². The van der Waals surface area contributed by atoms with Crippen LogP contribution < -0.4 is 10.1 Å². The van der Waals surface area contributed by atoms with Crippen LogP contribution in [0.4, 0.5) is 5.69 Å². The summed E-state index contributed by atoms with van der Waals surface area (Å²) in [5.41, 5.74) is 1.40. The van der Waals surface area contributed by atoms with Crippen molar-refractivity contribution < 1.29 is 23.9 Å². The first-order valence-electron chi connectivity index (χ1n) is 11.8. The molecule has 188 valence electrons. The summed E-state index contributed by atoms with van der Waals surface area (Å²) in [6, 6.07) is 8.11. The van der Waals surface area contributed by atoms with Crippen LogP contribution in [0.1, 0.15) is 47.9 Å². The number of ether oxygens (including phenoxy) is 2. The highest BCUT2D eigenvalue weighted by Gasteiger charge is 2.31. The van der Waals surface area contributed by atoms with Crippen molar-refractivity contribution in [3.8, 4) is 5.75 Å². The Morgan fingerprint density at radius 1 is 1.17 bits per heavy atom. The average molecular weight is 483 g/mol. The van der Waals surface area contributed by atoms with E-state index in [4.69, 9.17) is 9.47 Å². The number of carbonyl (C=O) groups excluding carboxylic acids is 3. The van der Waals surface area contributed by atoms with E-state index in [1.165, 1.54) is 0 Å². The molecule has 2 aromatic rings. The van der Waals surface area contributed by atoms with E-state index < -0.39 is 0 Å². The Labute approximate surface area is 206 Å². The second-order valence-electron chi connectivity index (χ2n) is 8.90. The fraction of sp³-hybridized carbons (Fsp3) is 0.462. The maximum absolute atomic E-state index is 13.4. The molecule has 3 amide bonds. The molecule has 1 aliphatic heterocycles. The molecule has 0 spiro atoms. The van der Waals surface area contributed by atoms with Gasteiger partial charge in [0.1, 0.15) is 12.4 Å². The van der Waals surface area contributed by atoms with Crippen LogP contribution in [0.2, 0.25) is 0 Å². The Hall–Kier alpha value is -3.46. The molecule has 9 heteroatoms. The van der Waals surface area contributed by atoms with Crippen LogP contribution in [0.15, 0.2) is 42.7 Å². The van der Waals surface area contributed by atoms with Gasteiger partial charge in [0, 0.05) is 63.2 Å². The molecule has 3 atom stereocenters. The maximum Gasteiger partial charge on any atom is 0.257 e. The summed E-state index contributed by atoms with van der Waals surface area (Å²) in [6.07, 6.45) is 3.22. The van der Waals surface area contributed by atoms with Crippen molar-refractivity contribution in [1.29, 1.82) is 0 Å². The van der Waals surface area contributed by atoms with E-state index in [0.717, 1.165) is 0 Å². The number of aromatic nitrogens is 1. The van der Waals surface area contributed by atoms with Gasteiger partial charge in [-0.1, -0.05) is 13.8 Å². The smallest absolute Gasteiger partial charge is 0.257 e. The van der Waals surface area contributed by atoms with Gasteiger partial charge in [-0.25, -0.2) is 0 Å². The molecule has 0 radical (unpaired) electrons.